The topological polar surface area (TPSA) is 79.1 Å². The molecular formula is C13H17NO4. The van der Waals surface area contributed by atoms with Gasteiger partial charge >= 0.3 is 5.97 Å². The van der Waals surface area contributed by atoms with Gasteiger partial charge in [-0.1, -0.05) is 17.3 Å². The van der Waals surface area contributed by atoms with Crippen molar-refractivity contribution in [1.29, 1.82) is 0 Å². The van der Waals surface area contributed by atoms with Crippen molar-refractivity contribution in [2.75, 3.05) is 6.61 Å². The van der Waals surface area contributed by atoms with Crippen molar-refractivity contribution in [3.8, 4) is 5.75 Å². The van der Waals surface area contributed by atoms with Crippen LogP contribution in [0.15, 0.2) is 29.4 Å². The Morgan fingerprint density at radius 3 is 2.50 bits per heavy atom. The number of aromatic hydroxyl groups is 1. The van der Waals surface area contributed by atoms with Gasteiger partial charge in [-0.3, -0.25) is 4.79 Å². The molecule has 1 atom stereocenters. The minimum Gasteiger partial charge on any atom is -0.508 e. The number of phenols is 1. The summed E-state index contributed by atoms with van der Waals surface area (Å²) in [7, 11) is 0. The van der Waals surface area contributed by atoms with Crippen molar-refractivity contribution in [1.82, 2.24) is 0 Å². The molecule has 0 heterocycles. The molecule has 0 aromatic heterocycles. The van der Waals surface area contributed by atoms with Crippen molar-refractivity contribution >= 4 is 11.7 Å². The van der Waals surface area contributed by atoms with Crippen molar-refractivity contribution in [2.45, 2.75) is 20.3 Å². The molecule has 1 unspecified atom stereocenters. The molecule has 0 aliphatic carbocycles. The van der Waals surface area contributed by atoms with Crippen LogP contribution in [0.2, 0.25) is 0 Å². The zero-order valence-electron chi connectivity index (χ0n) is 10.5. The predicted molar refractivity (Wildman–Crippen MR) is 67.7 cm³/mol. The maximum atomic E-state index is 11.2. The van der Waals surface area contributed by atoms with Crippen molar-refractivity contribution < 1.29 is 19.8 Å². The molecule has 0 saturated carbocycles. The molecule has 5 nitrogen and oxygen atoms in total. The maximum Gasteiger partial charge on any atom is 0.312 e. The Morgan fingerprint density at radius 2 is 2.00 bits per heavy atom. The van der Waals surface area contributed by atoms with Gasteiger partial charge in [0.05, 0.1) is 5.71 Å². The van der Waals surface area contributed by atoms with E-state index in [0.717, 1.165) is 5.56 Å². The fraction of sp³-hybridized carbons (Fsp3) is 0.385. The molecule has 98 valence electrons. The van der Waals surface area contributed by atoms with E-state index < -0.39 is 11.9 Å². The minimum atomic E-state index is -0.941. The summed E-state index contributed by atoms with van der Waals surface area (Å²) < 4.78 is 0. The third-order valence-electron chi connectivity index (χ3n) is 2.52. The standard InChI is InChI=1S/C13H17NO4/c1-3-18-14-9(2)12(13(16)17)8-10-4-6-11(15)7-5-10/h4-7,12,15H,3,8H2,1-2H3,(H,16,17)/b14-9-. The first-order valence-electron chi connectivity index (χ1n) is 5.71. The van der Waals surface area contributed by atoms with Gasteiger partial charge in [-0.05, 0) is 38.0 Å². The number of hydrogen-bond acceptors (Lipinski definition) is 4. The van der Waals surface area contributed by atoms with Gasteiger partial charge in [0.15, 0.2) is 0 Å². The molecule has 0 spiro atoms. The summed E-state index contributed by atoms with van der Waals surface area (Å²) in [5.74, 6) is -1.50. The maximum absolute atomic E-state index is 11.2. The summed E-state index contributed by atoms with van der Waals surface area (Å²) in [5, 5.41) is 22.1. The molecular weight excluding hydrogens is 234 g/mol. The fourth-order valence-corrected chi connectivity index (χ4v) is 1.51. The first kappa shape index (κ1) is 14.0. The number of nitrogens with zero attached hydrogens (tertiary/aromatic N) is 1. The number of carboxylic acids is 1. The first-order chi connectivity index (χ1) is 8.54. The number of benzene rings is 1. The second-order valence-electron chi connectivity index (χ2n) is 3.91. The third kappa shape index (κ3) is 4.08. The predicted octanol–water partition coefficient (Wildman–Crippen LogP) is 2.05. The van der Waals surface area contributed by atoms with E-state index in [9.17, 15) is 9.90 Å². The average molecular weight is 251 g/mol. The van der Waals surface area contributed by atoms with Crippen LogP contribution < -0.4 is 0 Å². The molecule has 0 saturated heterocycles. The SMILES string of the molecule is CCO/N=C(/C)C(Cc1ccc(O)cc1)C(=O)O. The fourth-order valence-electron chi connectivity index (χ4n) is 1.51. The van der Waals surface area contributed by atoms with Gasteiger partial charge in [-0.2, -0.15) is 0 Å². The lowest BCUT2D eigenvalue weighted by atomic mass is 9.95. The van der Waals surface area contributed by atoms with Gasteiger partial charge in [0.1, 0.15) is 18.3 Å². The Balaban J connectivity index is 2.80. The smallest absolute Gasteiger partial charge is 0.312 e. The van der Waals surface area contributed by atoms with E-state index >= 15 is 0 Å². The second-order valence-corrected chi connectivity index (χ2v) is 3.91. The summed E-state index contributed by atoms with van der Waals surface area (Å²) in [4.78, 5) is 16.1. The molecule has 0 amide bonds. The number of carbonyl (C=O) groups is 1. The highest BCUT2D eigenvalue weighted by molar-refractivity contribution is 6.00. The summed E-state index contributed by atoms with van der Waals surface area (Å²) in [5.41, 5.74) is 1.25. The van der Waals surface area contributed by atoms with Gasteiger partial charge in [-0.25, -0.2) is 0 Å². The lowest BCUT2D eigenvalue weighted by molar-refractivity contribution is -0.139. The van der Waals surface area contributed by atoms with Crippen LogP contribution in [0.1, 0.15) is 19.4 Å². The normalized spacial score (nSPS) is 13.1. The monoisotopic (exact) mass is 251 g/mol. The molecule has 5 heteroatoms. The van der Waals surface area contributed by atoms with Crippen LogP contribution in [0.3, 0.4) is 0 Å². The van der Waals surface area contributed by atoms with Gasteiger partial charge in [-0.15, -0.1) is 0 Å². The molecule has 0 radical (unpaired) electrons. The molecule has 1 rings (SSSR count). The molecule has 1 aromatic carbocycles. The van der Waals surface area contributed by atoms with Crippen LogP contribution in [-0.2, 0) is 16.1 Å². The van der Waals surface area contributed by atoms with Crippen molar-refractivity contribution in [2.24, 2.45) is 11.1 Å². The van der Waals surface area contributed by atoms with Crippen LogP contribution in [0, 0.1) is 5.92 Å². The number of hydrogen-bond donors (Lipinski definition) is 2. The third-order valence-corrected chi connectivity index (χ3v) is 2.52. The largest absolute Gasteiger partial charge is 0.508 e. The lowest BCUT2D eigenvalue weighted by Gasteiger charge is -2.11. The van der Waals surface area contributed by atoms with E-state index in [1.807, 2.05) is 0 Å². The number of carboxylic acid groups (broad SMARTS) is 1. The molecule has 18 heavy (non-hydrogen) atoms. The Labute approximate surface area is 106 Å². The number of phenolic OH excluding ortho intramolecular Hbond substituents is 1. The average Bonchev–Trinajstić information content (AvgIpc) is 2.34. The Bertz CT molecular complexity index is 425. The Morgan fingerprint density at radius 1 is 1.39 bits per heavy atom. The van der Waals surface area contributed by atoms with E-state index in [4.69, 9.17) is 9.94 Å². The molecule has 0 aliphatic heterocycles. The van der Waals surface area contributed by atoms with Gasteiger partial charge in [0.25, 0.3) is 0 Å². The summed E-state index contributed by atoms with van der Waals surface area (Å²) in [6.45, 7) is 3.82. The van der Waals surface area contributed by atoms with E-state index in [0.29, 0.717) is 18.7 Å². The highest BCUT2D eigenvalue weighted by Crippen LogP contribution is 2.15. The van der Waals surface area contributed by atoms with Crippen LogP contribution in [0.5, 0.6) is 5.75 Å². The molecule has 0 fully saturated rings. The number of aliphatic carboxylic acids is 1. The summed E-state index contributed by atoms with van der Waals surface area (Å²) in [6.07, 6.45) is 0.317. The number of oxime groups is 1. The molecule has 0 aliphatic rings. The van der Waals surface area contributed by atoms with Gasteiger partial charge in [0.2, 0.25) is 0 Å². The number of rotatable bonds is 6. The highest BCUT2D eigenvalue weighted by Gasteiger charge is 2.22. The summed E-state index contributed by atoms with van der Waals surface area (Å²) >= 11 is 0. The lowest BCUT2D eigenvalue weighted by Crippen LogP contribution is -2.24. The van der Waals surface area contributed by atoms with E-state index in [2.05, 4.69) is 5.16 Å². The van der Waals surface area contributed by atoms with Gasteiger partial charge in [0, 0.05) is 0 Å². The van der Waals surface area contributed by atoms with E-state index in [1.165, 1.54) is 12.1 Å². The van der Waals surface area contributed by atoms with Crippen molar-refractivity contribution in [3.05, 3.63) is 29.8 Å². The Hall–Kier alpha value is -2.04. The molecule has 1 aromatic rings. The van der Waals surface area contributed by atoms with E-state index in [1.54, 1.807) is 26.0 Å². The minimum absolute atomic E-state index is 0.158. The molecule has 0 bridgehead atoms. The summed E-state index contributed by atoms with van der Waals surface area (Å²) in [6, 6.07) is 6.45. The second kappa shape index (κ2) is 6.64. The first-order valence-corrected chi connectivity index (χ1v) is 5.71. The van der Waals surface area contributed by atoms with Crippen LogP contribution >= 0.6 is 0 Å². The quantitative estimate of drug-likeness (QED) is 0.599. The highest BCUT2D eigenvalue weighted by atomic mass is 16.6. The van der Waals surface area contributed by atoms with Gasteiger partial charge < -0.3 is 15.1 Å². The van der Waals surface area contributed by atoms with Crippen molar-refractivity contribution in [3.63, 3.8) is 0 Å². The van der Waals surface area contributed by atoms with E-state index in [-0.39, 0.29) is 5.75 Å². The van der Waals surface area contributed by atoms with Crippen LogP contribution in [0.4, 0.5) is 0 Å². The zero-order chi connectivity index (χ0) is 13.5. The molecule has 2 N–H and O–H groups in total. The van der Waals surface area contributed by atoms with Crippen LogP contribution in [0.25, 0.3) is 0 Å². The zero-order valence-corrected chi connectivity index (χ0v) is 10.5. The van der Waals surface area contributed by atoms with Crippen LogP contribution in [-0.4, -0.2) is 28.5 Å². The Kier molecular flexibility index (Phi) is 5.17.